The average molecular weight is 407 g/mol. The van der Waals surface area contributed by atoms with Crippen molar-refractivity contribution < 1.29 is 24.9 Å². The molecule has 0 radical (unpaired) electrons. The van der Waals surface area contributed by atoms with E-state index < -0.39 is 12.1 Å². The topological polar surface area (TPSA) is 87.0 Å². The Morgan fingerprint density at radius 2 is 2.07 bits per heavy atom. The number of carboxylic acid groups (broad SMARTS) is 1. The Hall–Kier alpha value is -1.50. The highest BCUT2D eigenvalue weighted by atomic mass is 32.2. The number of aliphatic carboxylic acids is 1. The van der Waals surface area contributed by atoms with E-state index in [1.54, 1.807) is 6.08 Å². The Morgan fingerprint density at radius 1 is 1.29 bits per heavy atom. The summed E-state index contributed by atoms with van der Waals surface area (Å²) in [6.45, 7) is 0.192. The molecule has 1 heterocycles. The molecule has 28 heavy (non-hydrogen) atoms. The highest BCUT2D eigenvalue weighted by molar-refractivity contribution is 8.00. The van der Waals surface area contributed by atoms with E-state index in [9.17, 15) is 15.0 Å². The van der Waals surface area contributed by atoms with Crippen molar-refractivity contribution in [3.8, 4) is 5.75 Å². The first-order valence-corrected chi connectivity index (χ1v) is 11.1. The summed E-state index contributed by atoms with van der Waals surface area (Å²) in [5.41, 5.74) is 0. The zero-order chi connectivity index (χ0) is 19.9. The van der Waals surface area contributed by atoms with Gasteiger partial charge >= 0.3 is 5.97 Å². The van der Waals surface area contributed by atoms with Crippen LogP contribution < -0.4 is 4.74 Å². The number of hydrogen-bond acceptors (Lipinski definition) is 5. The first kappa shape index (κ1) is 21.2. The minimum Gasteiger partial charge on any atom is -0.491 e. The molecule has 6 atom stereocenters. The summed E-state index contributed by atoms with van der Waals surface area (Å²) in [4.78, 5) is 10.7. The minimum absolute atomic E-state index is 0.0730. The van der Waals surface area contributed by atoms with Crippen LogP contribution in [0.3, 0.4) is 0 Å². The molecule has 1 aliphatic carbocycles. The van der Waals surface area contributed by atoms with Gasteiger partial charge in [-0.1, -0.05) is 30.4 Å². The van der Waals surface area contributed by atoms with Gasteiger partial charge in [0.15, 0.2) is 0 Å². The molecule has 2 fully saturated rings. The quantitative estimate of drug-likeness (QED) is 0.544. The van der Waals surface area contributed by atoms with E-state index in [-0.39, 0.29) is 25.0 Å². The molecule has 3 rings (SSSR count). The largest absolute Gasteiger partial charge is 0.491 e. The van der Waals surface area contributed by atoms with E-state index in [1.165, 1.54) is 0 Å². The summed E-state index contributed by atoms with van der Waals surface area (Å²) in [6, 6.07) is 9.41. The van der Waals surface area contributed by atoms with E-state index in [2.05, 4.69) is 0 Å². The van der Waals surface area contributed by atoms with Gasteiger partial charge in [-0.3, -0.25) is 4.79 Å². The third-order valence-corrected chi connectivity index (χ3v) is 7.46. The first-order valence-electron chi connectivity index (χ1n) is 10.1. The van der Waals surface area contributed by atoms with E-state index in [1.807, 2.05) is 48.2 Å². The van der Waals surface area contributed by atoms with Gasteiger partial charge in [-0.25, -0.2) is 0 Å². The van der Waals surface area contributed by atoms with Crippen LogP contribution in [0.15, 0.2) is 42.5 Å². The molecule has 0 bridgehead atoms. The lowest BCUT2D eigenvalue weighted by Gasteiger charge is -2.33. The van der Waals surface area contributed by atoms with E-state index >= 15 is 0 Å². The number of thioether (sulfide) groups is 1. The van der Waals surface area contributed by atoms with Crippen molar-refractivity contribution in [3.05, 3.63) is 42.5 Å². The summed E-state index contributed by atoms with van der Waals surface area (Å²) in [6.07, 6.45) is 7.45. The molecule has 1 aliphatic heterocycles. The molecule has 6 heteroatoms. The third kappa shape index (κ3) is 6.00. The van der Waals surface area contributed by atoms with Crippen molar-refractivity contribution in [1.29, 1.82) is 0 Å². The van der Waals surface area contributed by atoms with Gasteiger partial charge in [0.05, 0.1) is 6.10 Å². The molecule has 1 aromatic carbocycles. The smallest absolute Gasteiger partial charge is 0.303 e. The molecule has 1 aromatic rings. The lowest BCUT2D eigenvalue weighted by molar-refractivity contribution is -0.137. The maximum Gasteiger partial charge on any atom is 0.303 e. The minimum atomic E-state index is -0.727. The third-order valence-electron chi connectivity index (χ3n) is 5.72. The predicted molar refractivity (Wildman–Crippen MR) is 111 cm³/mol. The molecular weight excluding hydrogens is 376 g/mol. The molecule has 0 spiro atoms. The van der Waals surface area contributed by atoms with Gasteiger partial charge < -0.3 is 20.1 Å². The lowest BCUT2D eigenvalue weighted by Crippen LogP contribution is -2.27. The van der Waals surface area contributed by atoms with Crippen molar-refractivity contribution in [1.82, 2.24) is 0 Å². The number of carbonyl (C=O) groups is 1. The monoisotopic (exact) mass is 406 g/mol. The van der Waals surface area contributed by atoms with Crippen LogP contribution in [0.4, 0.5) is 0 Å². The van der Waals surface area contributed by atoms with Crippen LogP contribution in [-0.4, -0.2) is 50.6 Å². The van der Waals surface area contributed by atoms with Gasteiger partial charge in [-0.2, -0.15) is 11.8 Å². The second-order valence-electron chi connectivity index (χ2n) is 7.78. The van der Waals surface area contributed by atoms with Crippen molar-refractivity contribution in [2.24, 2.45) is 11.8 Å². The number of rotatable bonds is 9. The van der Waals surface area contributed by atoms with Crippen LogP contribution in [0, 0.1) is 11.8 Å². The number of ether oxygens (including phenoxy) is 1. The van der Waals surface area contributed by atoms with Crippen LogP contribution in [0.25, 0.3) is 0 Å². The average Bonchev–Trinajstić information content (AvgIpc) is 2.99. The number of fused-ring (bicyclic) bond motifs is 1. The summed E-state index contributed by atoms with van der Waals surface area (Å²) < 4.78 is 5.58. The van der Waals surface area contributed by atoms with Crippen molar-refractivity contribution in [3.63, 3.8) is 0 Å². The zero-order valence-corrected chi connectivity index (χ0v) is 16.8. The highest BCUT2D eigenvalue weighted by Gasteiger charge is 2.44. The number of aliphatic hydroxyl groups excluding tert-OH is 2. The SMILES string of the molecule is O=C(O)CCC[C@@H]1CC[C@@H]2[C@@H](C=C[C@@H](O)COc3ccccc3)[C@H](O)C[C@@H]2S1. The second-order valence-corrected chi connectivity index (χ2v) is 9.32. The fourth-order valence-corrected chi connectivity index (χ4v) is 6.20. The Balaban J connectivity index is 1.46. The molecule has 5 nitrogen and oxygen atoms in total. The second kappa shape index (κ2) is 10.3. The van der Waals surface area contributed by atoms with E-state index in [4.69, 9.17) is 9.84 Å². The maximum atomic E-state index is 10.7. The number of aliphatic hydroxyl groups is 2. The summed E-state index contributed by atoms with van der Waals surface area (Å²) in [5, 5.41) is 30.4. The summed E-state index contributed by atoms with van der Waals surface area (Å²) in [5.74, 6) is 0.501. The van der Waals surface area contributed by atoms with Crippen LogP contribution in [0.1, 0.15) is 38.5 Å². The fourth-order valence-electron chi connectivity index (χ4n) is 4.31. The first-order chi connectivity index (χ1) is 13.5. The standard InChI is InChI=1S/C22H30O5S/c23-15(14-27-16-5-2-1-3-6-16)9-11-18-19-12-10-17(7-4-8-22(25)26)28-21(19)13-20(18)24/h1-3,5-6,9,11,15,17-21,23-24H,4,7-8,10,12-14H2,(H,25,26)/t15-,17-,18-,19-,20-,21+/m1/s1. The van der Waals surface area contributed by atoms with E-state index in [0.29, 0.717) is 16.4 Å². The Bertz CT molecular complexity index is 650. The summed E-state index contributed by atoms with van der Waals surface area (Å²) in [7, 11) is 0. The van der Waals surface area contributed by atoms with E-state index in [0.717, 1.165) is 37.9 Å². The van der Waals surface area contributed by atoms with Crippen molar-refractivity contribution >= 4 is 17.7 Å². The number of hydrogen-bond donors (Lipinski definition) is 3. The van der Waals surface area contributed by atoms with Gasteiger partial charge in [0.2, 0.25) is 0 Å². The highest BCUT2D eigenvalue weighted by Crippen LogP contribution is 2.49. The molecule has 0 unspecified atom stereocenters. The van der Waals surface area contributed by atoms with Crippen LogP contribution in [0.5, 0.6) is 5.75 Å². The van der Waals surface area contributed by atoms with Crippen molar-refractivity contribution in [2.45, 2.75) is 61.2 Å². The number of carboxylic acids is 1. The lowest BCUT2D eigenvalue weighted by atomic mass is 9.88. The van der Waals surface area contributed by atoms with Crippen LogP contribution in [-0.2, 0) is 4.79 Å². The molecule has 154 valence electrons. The molecule has 0 aromatic heterocycles. The molecule has 1 saturated carbocycles. The fraction of sp³-hybridized carbons (Fsp3) is 0.591. The van der Waals surface area contributed by atoms with Crippen LogP contribution >= 0.6 is 11.8 Å². The Labute approximate surface area is 170 Å². The Kier molecular flexibility index (Phi) is 7.82. The number of para-hydroxylation sites is 1. The van der Waals surface area contributed by atoms with Gasteiger partial charge in [0.25, 0.3) is 0 Å². The van der Waals surface area contributed by atoms with Gasteiger partial charge in [0.1, 0.15) is 18.5 Å². The number of benzene rings is 1. The summed E-state index contributed by atoms with van der Waals surface area (Å²) >= 11 is 1.93. The maximum absolute atomic E-state index is 10.7. The van der Waals surface area contributed by atoms with Gasteiger partial charge in [0, 0.05) is 22.8 Å². The zero-order valence-electron chi connectivity index (χ0n) is 16.0. The predicted octanol–water partition coefficient (Wildman–Crippen LogP) is 3.50. The Morgan fingerprint density at radius 3 is 2.82 bits per heavy atom. The van der Waals surface area contributed by atoms with Gasteiger partial charge in [-0.15, -0.1) is 0 Å². The normalized spacial score (nSPS) is 30.9. The molecule has 1 saturated heterocycles. The van der Waals surface area contributed by atoms with Gasteiger partial charge in [-0.05, 0) is 50.2 Å². The molecule has 3 N–H and O–H groups in total. The molecule has 0 amide bonds. The van der Waals surface area contributed by atoms with Crippen LogP contribution in [0.2, 0.25) is 0 Å². The van der Waals surface area contributed by atoms with Crippen molar-refractivity contribution in [2.75, 3.05) is 6.61 Å². The molecule has 2 aliphatic rings. The molecular formula is C22H30O5S.